The first-order valence-corrected chi connectivity index (χ1v) is 6.68. The van der Waals surface area contributed by atoms with Gasteiger partial charge in [-0.3, -0.25) is 4.68 Å². The van der Waals surface area contributed by atoms with Gasteiger partial charge in [0.25, 0.3) is 0 Å². The van der Waals surface area contributed by atoms with E-state index in [1.165, 1.54) is 0 Å². The average Bonchev–Trinajstić information content (AvgIpc) is 2.65. The minimum absolute atomic E-state index is 0.0874. The van der Waals surface area contributed by atoms with Crippen LogP contribution in [0.15, 0.2) is 10.7 Å². The van der Waals surface area contributed by atoms with Gasteiger partial charge < -0.3 is 9.84 Å². The molecule has 0 bridgehead atoms. The molecule has 1 N–H and O–H groups in total. The summed E-state index contributed by atoms with van der Waals surface area (Å²) >= 11 is 3.26. The highest BCUT2D eigenvalue weighted by Gasteiger charge is 2.27. The summed E-state index contributed by atoms with van der Waals surface area (Å²) in [5, 5.41) is 14.1. The van der Waals surface area contributed by atoms with E-state index in [9.17, 15) is 18.3 Å². The molecule has 1 rings (SSSR count). The molecule has 8 heteroatoms. The topological polar surface area (TPSA) is 47.3 Å². The zero-order chi connectivity index (χ0) is 14.5. The number of ether oxygens (including phenoxy) is 1. The van der Waals surface area contributed by atoms with Crippen LogP contribution >= 0.6 is 15.9 Å². The summed E-state index contributed by atoms with van der Waals surface area (Å²) < 4.78 is 42.4. The molecular weight excluding hydrogens is 329 g/mol. The molecule has 0 amide bonds. The lowest BCUT2D eigenvalue weighted by Crippen LogP contribution is -2.18. The smallest absolute Gasteiger partial charge is 0.387 e. The van der Waals surface area contributed by atoms with Gasteiger partial charge in [0.15, 0.2) is 0 Å². The normalized spacial score (nSPS) is 13.8. The van der Waals surface area contributed by atoms with E-state index in [4.69, 9.17) is 0 Å². The lowest BCUT2D eigenvalue weighted by atomic mass is 10.2. The fourth-order valence-electron chi connectivity index (χ4n) is 1.61. The Hall–Kier alpha value is -0.600. The molecule has 0 fully saturated rings. The minimum Gasteiger partial charge on any atom is -0.387 e. The zero-order valence-corrected chi connectivity index (χ0v) is 12.0. The van der Waals surface area contributed by atoms with Crippen molar-refractivity contribution < 1.29 is 23.0 Å². The van der Waals surface area contributed by atoms with Crippen LogP contribution in [-0.4, -0.2) is 34.3 Å². The van der Waals surface area contributed by atoms with E-state index >= 15 is 0 Å². The summed E-state index contributed by atoms with van der Waals surface area (Å²) in [6.45, 7) is 1.15. The van der Waals surface area contributed by atoms with Crippen molar-refractivity contribution in [2.24, 2.45) is 0 Å². The van der Waals surface area contributed by atoms with E-state index in [0.717, 1.165) is 6.42 Å². The molecule has 0 saturated heterocycles. The predicted molar refractivity (Wildman–Crippen MR) is 66.7 cm³/mol. The van der Waals surface area contributed by atoms with E-state index < -0.39 is 18.9 Å². The van der Waals surface area contributed by atoms with Crippen LogP contribution in [0.1, 0.15) is 31.6 Å². The van der Waals surface area contributed by atoms with Gasteiger partial charge in [-0.2, -0.15) is 18.3 Å². The molecule has 1 heterocycles. The molecule has 0 saturated carbocycles. The summed E-state index contributed by atoms with van der Waals surface area (Å²) in [5.74, 6) is 0. The van der Waals surface area contributed by atoms with Gasteiger partial charge in [-0.15, -0.1) is 0 Å². The molecule has 1 atom stereocenters. The van der Waals surface area contributed by atoms with E-state index in [1.54, 1.807) is 10.9 Å². The van der Waals surface area contributed by atoms with Gasteiger partial charge in [0, 0.05) is 19.6 Å². The molecule has 110 valence electrons. The van der Waals surface area contributed by atoms with Crippen LogP contribution in [0, 0.1) is 0 Å². The molecule has 0 aliphatic heterocycles. The second-order valence-corrected chi connectivity index (χ2v) is 4.93. The molecule has 4 nitrogen and oxygen atoms in total. The number of aromatic nitrogens is 2. The van der Waals surface area contributed by atoms with Gasteiger partial charge in [-0.05, 0) is 22.4 Å². The number of hydrogen-bond acceptors (Lipinski definition) is 3. The van der Waals surface area contributed by atoms with E-state index in [2.05, 4.69) is 25.8 Å². The van der Waals surface area contributed by atoms with Crippen molar-refractivity contribution in [1.82, 2.24) is 9.78 Å². The Labute approximate surface area is 117 Å². The maximum atomic E-state index is 11.9. The van der Waals surface area contributed by atoms with Gasteiger partial charge in [0.05, 0.1) is 22.5 Å². The van der Waals surface area contributed by atoms with Crippen LogP contribution in [0.25, 0.3) is 0 Å². The first-order chi connectivity index (χ1) is 8.85. The lowest BCUT2D eigenvalue weighted by molar-refractivity contribution is -0.175. The van der Waals surface area contributed by atoms with Crippen molar-refractivity contribution in [2.75, 3.05) is 13.2 Å². The molecule has 1 aromatic heterocycles. The monoisotopic (exact) mass is 344 g/mol. The number of rotatable bonds is 7. The highest BCUT2D eigenvalue weighted by atomic mass is 79.9. The number of halogens is 4. The van der Waals surface area contributed by atoms with Crippen LogP contribution in [0.4, 0.5) is 13.2 Å². The third-order valence-electron chi connectivity index (χ3n) is 2.39. The Morgan fingerprint density at radius 3 is 2.79 bits per heavy atom. The van der Waals surface area contributed by atoms with E-state index in [1.807, 2.05) is 6.92 Å². The Bertz CT molecular complexity index is 396. The highest BCUT2D eigenvalue weighted by molar-refractivity contribution is 9.10. The third kappa shape index (κ3) is 5.50. The molecule has 1 unspecified atom stereocenters. The number of aryl methyl sites for hydroxylation is 1. The van der Waals surface area contributed by atoms with Gasteiger partial charge >= 0.3 is 6.18 Å². The third-order valence-corrected chi connectivity index (χ3v) is 3.00. The van der Waals surface area contributed by atoms with Crippen LogP contribution in [0.2, 0.25) is 0 Å². The number of alkyl halides is 3. The van der Waals surface area contributed by atoms with Crippen LogP contribution < -0.4 is 0 Å². The highest BCUT2D eigenvalue weighted by Crippen LogP contribution is 2.26. The van der Waals surface area contributed by atoms with Gasteiger partial charge in [0.2, 0.25) is 0 Å². The Balaban J connectivity index is 2.49. The summed E-state index contributed by atoms with van der Waals surface area (Å²) in [5.41, 5.74) is 0.567. The van der Waals surface area contributed by atoms with Crippen molar-refractivity contribution in [1.29, 1.82) is 0 Å². The second kappa shape index (κ2) is 7.25. The second-order valence-electron chi connectivity index (χ2n) is 4.07. The zero-order valence-electron chi connectivity index (χ0n) is 10.5. The van der Waals surface area contributed by atoms with Gasteiger partial charge in [0.1, 0.15) is 6.61 Å². The van der Waals surface area contributed by atoms with Crippen molar-refractivity contribution in [2.45, 2.75) is 38.6 Å². The molecule has 0 spiro atoms. The lowest BCUT2D eigenvalue weighted by Gasteiger charge is -2.14. The Morgan fingerprint density at radius 2 is 2.21 bits per heavy atom. The molecule has 0 radical (unpaired) electrons. The quantitative estimate of drug-likeness (QED) is 0.773. The standard InChI is InChI=1S/C11H16BrF3N2O2/c1-2-4-17-10(8(12)6-16-17)9(18)3-5-19-7-11(13,14)15/h6,9,18H,2-5,7H2,1H3. The fraction of sp³-hybridized carbons (Fsp3) is 0.727. The molecular formula is C11H16BrF3N2O2. The van der Waals surface area contributed by atoms with Crippen molar-refractivity contribution >= 4 is 15.9 Å². The molecule has 0 aromatic carbocycles. The predicted octanol–water partition coefficient (Wildman–Crippen LogP) is 3.06. The maximum absolute atomic E-state index is 11.9. The van der Waals surface area contributed by atoms with Crippen molar-refractivity contribution in [3.05, 3.63) is 16.4 Å². The van der Waals surface area contributed by atoms with Crippen LogP contribution in [0.3, 0.4) is 0 Å². The van der Waals surface area contributed by atoms with Crippen LogP contribution in [-0.2, 0) is 11.3 Å². The van der Waals surface area contributed by atoms with Crippen molar-refractivity contribution in [3.8, 4) is 0 Å². The number of aliphatic hydroxyl groups excluding tert-OH is 1. The minimum atomic E-state index is -4.34. The number of aliphatic hydroxyl groups is 1. The Morgan fingerprint density at radius 1 is 1.53 bits per heavy atom. The molecule has 1 aromatic rings. The average molecular weight is 345 g/mol. The molecule has 0 aliphatic rings. The number of nitrogens with zero attached hydrogens (tertiary/aromatic N) is 2. The van der Waals surface area contributed by atoms with E-state index in [-0.39, 0.29) is 13.0 Å². The summed E-state index contributed by atoms with van der Waals surface area (Å²) in [7, 11) is 0. The summed E-state index contributed by atoms with van der Waals surface area (Å²) in [6.07, 6.45) is -2.75. The first-order valence-electron chi connectivity index (χ1n) is 5.89. The number of hydrogen-bond donors (Lipinski definition) is 1. The maximum Gasteiger partial charge on any atom is 0.411 e. The van der Waals surface area contributed by atoms with Crippen molar-refractivity contribution in [3.63, 3.8) is 0 Å². The fourth-order valence-corrected chi connectivity index (χ4v) is 2.17. The van der Waals surface area contributed by atoms with E-state index in [0.29, 0.717) is 16.7 Å². The first kappa shape index (κ1) is 16.5. The summed E-state index contributed by atoms with van der Waals surface area (Å²) in [6, 6.07) is 0. The Kier molecular flexibility index (Phi) is 6.28. The van der Waals surface area contributed by atoms with Crippen LogP contribution in [0.5, 0.6) is 0 Å². The SMILES string of the molecule is CCCn1ncc(Br)c1C(O)CCOCC(F)(F)F. The molecule has 19 heavy (non-hydrogen) atoms. The molecule has 0 aliphatic carbocycles. The summed E-state index contributed by atoms with van der Waals surface area (Å²) in [4.78, 5) is 0. The van der Waals surface area contributed by atoms with Gasteiger partial charge in [-0.25, -0.2) is 0 Å². The largest absolute Gasteiger partial charge is 0.411 e. The van der Waals surface area contributed by atoms with Gasteiger partial charge in [-0.1, -0.05) is 6.92 Å².